The van der Waals surface area contributed by atoms with Crippen LogP contribution in [0.25, 0.3) is 0 Å². The zero-order chi connectivity index (χ0) is 9.90. The molecule has 1 heterocycles. The molecule has 1 aromatic heterocycles. The molecule has 0 atom stereocenters. The first kappa shape index (κ1) is 10.1. The number of hydrogen-bond acceptors (Lipinski definition) is 5. The minimum atomic E-state index is -3.90. The van der Waals surface area contributed by atoms with Crippen molar-refractivity contribution < 1.29 is 12.6 Å². The van der Waals surface area contributed by atoms with Gasteiger partial charge in [0.25, 0.3) is 0 Å². The van der Waals surface area contributed by atoms with Crippen LogP contribution in [0, 0.1) is 11.3 Å². The maximum atomic E-state index is 10.4. The van der Waals surface area contributed by atoms with E-state index in [9.17, 15) is 8.42 Å². The third kappa shape index (κ3) is 3.52. The summed E-state index contributed by atoms with van der Waals surface area (Å²) in [6.07, 6.45) is 0. The molecule has 1 aromatic rings. The summed E-state index contributed by atoms with van der Waals surface area (Å²) in [6, 6.07) is 3.47. The average molecular weight is 218 g/mol. The molecule has 0 unspecified atom stereocenters. The van der Waals surface area contributed by atoms with Crippen LogP contribution in [0.3, 0.4) is 0 Å². The third-order valence-electron chi connectivity index (χ3n) is 1.15. The molecule has 0 fully saturated rings. The van der Waals surface area contributed by atoms with E-state index in [1.54, 1.807) is 11.4 Å². The molecule has 0 aromatic carbocycles. The van der Waals surface area contributed by atoms with Crippen LogP contribution in [0.2, 0.25) is 0 Å². The number of thiophene rings is 1. The quantitative estimate of drug-likeness (QED) is 0.791. The number of rotatable bonds is 3. The van der Waals surface area contributed by atoms with Gasteiger partial charge in [-0.1, -0.05) is 0 Å². The predicted octanol–water partition coefficient (Wildman–Crippen LogP) is 0.340. The van der Waals surface area contributed by atoms with Crippen LogP contribution < -0.4 is 5.14 Å². The fourth-order valence-corrected chi connectivity index (χ4v) is 1.74. The zero-order valence-corrected chi connectivity index (χ0v) is 8.06. The molecule has 0 spiro atoms. The van der Waals surface area contributed by atoms with Crippen LogP contribution >= 0.6 is 11.3 Å². The Labute approximate surface area is 79.6 Å². The zero-order valence-electron chi connectivity index (χ0n) is 6.43. The fraction of sp³-hybridized carbons (Fsp3) is 0.167. The first-order valence-electron chi connectivity index (χ1n) is 3.16. The Balaban J connectivity index is 2.62. The summed E-state index contributed by atoms with van der Waals surface area (Å²) in [5.74, 6) is 0. The van der Waals surface area contributed by atoms with Gasteiger partial charge in [-0.15, -0.1) is 11.3 Å². The van der Waals surface area contributed by atoms with Gasteiger partial charge in [-0.2, -0.15) is 13.7 Å². The van der Waals surface area contributed by atoms with Crippen molar-refractivity contribution in [2.24, 2.45) is 5.14 Å². The van der Waals surface area contributed by atoms with E-state index in [4.69, 9.17) is 5.26 Å². The second kappa shape index (κ2) is 3.85. The summed E-state index contributed by atoms with van der Waals surface area (Å²) in [5.41, 5.74) is 0.484. The highest BCUT2D eigenvalue weighted by molar-refractivity contribution is 7.84. The predicted molar refractivity (Wildman–Crippen MR) is 46.9 cm³/mol. The molecule has 5 nitrogen and oxygen atoms in total. The number of nitrogens with zero attached hydrogens (tertiary/aromatic N) is 1. The Morgan fingerprint density at radius 3 is 2.85 bits per heavy atom. The van der Waals surface area contributed by atoms with Crippen LogP contribution in [0.1, 0.15) is 10.4 Å². The van der Waals surface area contributed by atoms with Gasteiger partial charge in [-0.25, -0.2) is 5.14 Å². The molecular weight excluding hydrogens is 212 g/mol. The van der Waals surface area contributed by atoms with E-state index in [1.165, 1.54) is 11.3 Å². The minimum Gasteiger partial charge on any atom is -0.253 e. The van der Waals surface area contributed by atoms with E-state index < -0.39 is 10.3 Å². The average Bonchev–Trinajstić information content (AvgIpc) is 2.47. The van der Waals surface area contributed by atoms with Gasteiger partial charge in [-0.3, -0.25) is 4.18 Å². The topological polar surface area (TPSA) is 93.2 Å². The highest BCUT2D eigenvalue weighted by Gasteiger charge is 2.05. The molecule has 2 N–H and O–H groups in total. The van der Waals surface area contributed by atoms with E-state index >= 15 is 0 Å². The van der Waals surface area contributed by atoms with E-state index in [2.05, 4.69) is 9.32 Å². The molecule has 70 valence electrons. The summed E-state index contributed by atoms with van der Waals surface area (Å²) in [5, 5.41) is 14.7. The first-order valence-corrected chi connectivity index (χ1v) is 5.51. The summed E-state index contributed by atoms with van der Waals surface area (Å²) in [4.78, 5) is 0.644. The molecule has 0 aliphatic carbocycles. The van der Waals surface area contributed by atoms with Crippen molar-refractivity contribution >= 4 is 21.6 Å². The first-order chi connectivity index (χ1) is 6.01. The lowest BCUT2D eigenvalue weighted by Gasteiger charge is -1.96. The molecule has 0 saturated carbocycles. The number of hydrogen-bond donors (Lipinski definition) is 1. The van der Waals surface area contributed by atoms with Crippen LogP contribution in [-0.2, 0) is 21.1 Å². The normalized spacial score (nSPS) is 11.1. The summed E-state index contributed by atoms with van der Waals surface area (Å²) < 4.78 is 25.1. The second-order valence-corrected chi connectivity index (χ2v) is 4.39. The highest BCUT2D eigenvalue weighted by Crippen LogP contribution is 2.14. The van der Waals surface area contributed by atoms with Crippen LogP contribution in [0.4, 0.5) is 0 Å². The van der Waals surface area contributed by atoms with Crippen molar-refractivity contribution in [2.75, 3.05) is 0 Å². The summed E-state index contributed by atoms with van der Waals surface area (Å²) in [7, 11) is -3.90. The third-order valence-corrected chi connectivity index (χ3v) is 2.50. The van der Waals surface area contributed by atoms with Crippen LogP contribution in [0.15, 0.2) is 11.4 Å². The van der Waals surface area contributed by atoms with Crippen molar-refractivity contribution in [3.05, 3.63) is 21.9 Å². The summed E-state index contributed by atoms with van der Waals surface area (Å²) in [6.45, 7) is -0.120. The maximum Gasteiger partial charge on any atom is 0.333 e. The van der Waals surface area contributed by atoms with Crippen molar-refractivity contribution in [1.82, 2.24) is 0 Å². The van der Waals surface area contributed by atoms with Gasteiger partial charge in [0.2, 0.25) is 0 Å². The van der Waals surface area contributed by atoms with E-state index in [0.717, 1.165) is 0 Å². The lowest BCUT2D eigenvalue weighted by molar-refractivity contribution is 0.312. The molecular formula is C6H6N2O3S2. The molecule has 7 heteroatoms. The lowest BCUT2D eigenvalue weighted by Crippen LogP contribution is -2.15. The SMILES string of the molecule is N#Cc1csc(COS(N)(=O)=O)c1. The molecule has 0 radical (unpaired) electrons. The molecule has 0 saturated heterocycles. The molecule has 0 amide bonds. The number of nitriles is 1. The van der Waals surface area contributed by atoms with Crippen LogP contribution in [0.5, 0.6) is 0 Å². The van der Waals surface area contributed by atoms with E-state index in [0.29, 0.717) is 10.4 Å². The van der Waals surface area contributed by atoms with Gasteiger partial charge < -0.3 is 0 Å². The highest BCUT2D eigenvalue weighted by atomic mass is 32.2. The Morgan fingerprint density at radius 1 is 1.69 bits per heavy atom. The van der Waals surface area contributed by atoms with Gasteiger partial charge in [0, 0.05) is 10.3 Å². The molecule has 0 aliphatic heterocycles. The molecule has 13 heavy (non-hydrogen) atoms. The molecule has 0 bridgehead atoms. The number of nitrogens with two attached hydrogens (primary N) is 1. The Bertz CT molecular complexity index is 429. The van der Waals surface area contributed by atoms with Gasteiger partial charge in [0.15, 0.2) is 0 Å². The standard InChI is InChI=1S/C6H6N2O3S2/c7-2-5-1-6(12-4-5)3-11-13(8,9)10/h1,4H,3H2,(H2,8,9,10). The Morgan fingerprint density at radius 2 is 2.38 bits per heavy atom. The molecule has 1 rings (SSSR count). The largest absolute Gasteiger partial charge is 0.333 e. The van der Waals surface area contributed by atoms with Gasteiger partial charge in [0.1, 0.15) is 12.7 Å². The van der Waals surface area contributed by atoms with Gasteiger partial charge in [0.05, 0.1) is 5.56 Å². The molecule has 0 aliphatic rings. The van der Waals surface area contributed by atoms with Gasteiger partial charge >= 0.3 is 10.3 Å². The van der Waals surface area contributed by atoms with E-state index in [-0.39, 0.29) is 6.61 Å². The van der Waals surface area contributed by atoms with Crippen LogP contribution in [-0.4, -0.2) is 8.42 Å². The smallest absolute Gasteiger partial charge is 0.253 e. The van der Waals surface area contributed by atoms with Gasteiger partial charge in [-0.05, 0) is 6.07 Å². The Hall–Kier alpha value is -0.940. The summed E-state index contributed by atoms with van der Waals surface area (Å²) >= 11 is 1.25. The van der Waals surface area contributed by atoms with Crippen molar-refractivity contribution in [3.8, 4) is 6.07 Å². The van der Waals surface area contributed by atoms with Crippen molar-refractivity contribution in [3.63, 3.8) is 0 Å². The Kier molecular flexibility index (Phi) is 3.00. The minimum absolute atomic E-state index is 0.120. The van der Waals surface area contributed by atoms with E-state index in [1.807, 2.05) is 6.07 Å². The lowest BCUT2D eigenvalue weighted by atomic mass is 10.3. The van der Waals surface area contributed by atoms with Crippen molar-refractivity contribution in [2.45, 2.75) is 6.61 Å². The maximum absolute atomic E-state index is 10.4. The fourth-order valence-electron chi connectivity index (χ4n) is 0.655. The van der Waals surface area contributed by atoms with Crippen molar-refractivity contribution in [1.29, 1.82) is 5.26 Å². The second-order valence-electron chi connectivity index (χ2n) is 2.17. The monoisotopic (exact) mass is 218 g/mol.